The number of aromatic nitrogens is 4. The van der Waals surface area contributed by atoms with Gasteiger partial charge in [-0.15, -0.1) is 0 Å². The molecule has 2 aromatic heterocycles. The second kappa shape index (κ2) is 5.15. The fourth-order valence-corrected chi connectivity index (χ4v) is 2.18. The minimum atomic E-state index is -0.0851. The van der Waals surface area contributed by atoms with E-state index in [1.165, 1.54) is 0 Å². The molecule has 2 heterocycles. The first-order valence-electron chi connectivity index (χ1n) is 7.09. The number of allylic oxidation sites excluding steroid dienone is 1. The topological polar surface area (TPSA) is 70.3 Å². The predicted molar refractivity (Wildman–Crippen MR) is 86.8 cm³/mol. The number of nitriles is 1. The molecule has 5 heteroatoms. The van der Waals surface area contributed by atoms with Gasteiger partial charge in [0, 0.05) is 11.8 Å². The summed E-state index contributed by atoms with van der Waals surface area (Å²) in [5, 5.41) is 13.8. The van der Waals surface area contributed by atoms with Crippen molar-refractivity contribution in [1.29, 1.82) is 5.26 Å². The lowest BCUT2D eigenvalue weighted by Crippen LogP contribution is -2.21. The quantitative estimate of drug-likeness (QED) is 0.734. The first-order chi connectivity index (χ1) is 10.5. The molecule has 22 heavy (non-hydrogen) atoms. The largest absolute Gasteiger partial charge is 0.337 e. The van der Waals surface area contributed by atoms with Crippen LogP contribution in [0.3, 0.4) is 0 Å². The Kier molecular flexibility index (Phi) is 3.30. The number of hydrogen-bond donors (Lipinski definition) is 1. The van der Waals surface area contributed by atoms with Crippen molar-refractivity contribution in [2.45, 2.75) is 26.3 Å². The number of rotatable bonds is 2. The number of hydrogen-bond acceptors (Lipinski definition) is 3. The van der Waals surface area contributed by atoms with Gasteiger partial charge in [0.2, 0.25) is 0 Å². The van der Waals surface area contributed by atoms with Crippen molar-refractivity contribution in [2.75, 3.05) is 0 Å². The van der Waals surface area contributed by atoms with Crippen LogP contribution in [0.2, 0.25) is 0 Å². The zero-order chi connectivity index (χ0) is 15.7. The third-order valence-electron chi connectivity index (χ3n) is 3.37. The highest BCUT2D eigenvalue weighted by Crippen LogP contribution is 2.20. The molecular weight excluding hydrogens is 274 g/mol. The highest BCUT2D eigenvalue weighted by molar-refractivity contribution is 5.90. The van der Waals surface area contributed by atoms with E-state index in [2.05, 4.69) is 41.9 Å². The third-order valence-corrected chi connectivity index (χ3v) is 3.37. The Hall–Kier alpha value is -2.87. The molecule has 110 valence electrons. The molecular formula is C17H17N5. The third kappa shape index (κ3) is 2.63. The highest BCUT2D eigenvalue weighted by atomic mass is 15.3. The van der Waals surface area contributed by atoms with Crippen LogP contribution in [0.5, 0.6) is 0 Å². The van der Waals surface area contributed by atoms with Crippen molar-refractivity contribution < 1.29 is 0 Å². The average Bonchev–Trinajstić information content (AvgIpc) is 3.10. The Morgan fingerprint density at radius 2 is 2.09 bits per heavy atom. The number of imidazole rings is 1. The molecule has 0 unspecified atom stereocenters. The molecule has 0 amide bonds. The van der Waals surface area contributed by atoms with Gasteiger partial charge in [0.1, 0.15) is 11.9 Å². The van der Waals surface area contributed by atoms with Gasteiger partial charge in [-0.1, -0.05) is 12.1 Å². The molecule has 1 aromatic carbocycles. The maximum Gasteiger partial charge on any atom is 0.149 e. The molecule has 0 spiro atoms. The Morgan fingerprint density at radius 3 is 2.73 bits per heavy atom. The zero-order valence-electron chi connectivity index (χ0n) is 12.8. The Balaban J connectivity index is 2.00. The highest BCUT2D eigenvalue weighted by Gasteiger charge is 2.14. The Morgan fingerprint density at radius 1 is 1.32 bits per heavy atom. The van der Waals surface area contributed by atoms with Crippen molar-refractivity contribution in [3.63, 3.8) is 0 Å². The molecule has 1 N–H and O–H groups in total. The van der Waals surface area contributed by atoms with Gasteiger partial charge in [-0.25, -0.2) is 4.98 Å². The zero-order valence-corrected chi connectivity index (χ0v) is 12.8. The number of H-pyrrole nitrogens is 1. The first-order valence-corrected chi connectivity index (χ1v) is 7.09. The van der Waals surface area contributed by atoms with E-state index in [-0.39, 0.29) is 5.54 Å². The van der Waals surface area contributed by atoms with Crippen LogP contribution in [0.1, 0.15) is 32.2 Å². The van der Waals surface area contributed by atoms with Crippen LogP contribution in [0, 0.1) is 11.3 Å². The molecule has 0 atom stereocenters. The Labute approximate surface area is 128 Å². The minimum Gasteiger partial charge on any atom is -0.337 e. The summed E-state index contributed by atoms with van der Waals surface area (Å²) in [5.74, 6) is 0.576. The lowest BCUT2D eigenvalue weighted by molar-refractivity contribution is 0.355. The monoisotopic (exact) mass is 291 g/mol. The van der Waals surface area contributed by atoms with Crippen molar-refractivity contribution >= 4 is 22.7 Å². The van der Waals surface area contributed by atoms with E-state index in [1.54, 1.807) is 12.3 Å². The summed E-state index contributed by atoms with van der Waals surface area (Å²) < 4.78 is 1.88. The molecule has 0 aliphatic heterocycles. The Bertz CT molecular complexity index is 851. The fourth-order valence-electron chi connectivity index (χ4n) is 2.18. The van der Waals surface area contributed by atoms with Crippen LogP contribution in [0.25, 0.3) is 22.7 Å². The SMILES string of the molecule is CC(C)(C)n1cc(C=C(C#N)c2nc3ccccc3[nH]2)cn1. The summed E-state index contributed by atoms with van der Waals surface area (Å²) in [6.45, 7) is 6.24. The van der Waals surface area contributed by atoms with Crippen molar-refractivity contribution in [3.8, 4) is 6.07 Å². The summed E-state index contributed by atoms with van der Waals surface area (Å²) in [4.78, 5) is 7.64. The number of para-hydroxylation sites is 2. The molecule has 0 bridgehead atoms. The summed E-state index contributed by atoms with van der Waals surface area (Å²) in [7, 11) is 0. The summed E-state index contributed by atoms with van der Waals surface area (Å²) in [5.41, 5.74) is 3.06. The summed E-state index contributed by atoms with van der Waals surface area (Å²) in [6, 6.07) is 9.93. The van der Waals surface area contributed by atoms with Gasteiger partial charge in [0.15, 0.2) is 0 Å². The van der Waals surface area contributed by atoms with E-state index < -0.39 is 0 Å². The molecule has 0 aliphatic carbocycles. The average molecular weight is 291 g/mol. The van der Waals surface area contributed by atoms with E-state index in [0.29, 0.717) is 11.4 Å². The lowest BCUT2D eigenvalue weighted by Gasteiger charge is -2.18. The lowest BCUT2D eigenvalue weighted by atomic mass is 10.1. The van der Waals surface area contributed by atoms with E-state index in [0.717, 1.165) is 16.6 Å². The molecule has 0 radical (unpaired) electrons. The molecule has 5 nitrogen and oxygen atoms in total. The van der Waals surface area contributed by atoms with Gasteiger partial charge in [0.05, 0.1) is 28.3 Å². The standard InChI is InChI=1S/C17H17N5/c1-17(2,3)22-11-12(10-19-22)8-13(9-18)16-20-14-6-4-5-7-15(14)21-16/h4-8,10-11H,1-3H3,(H,20,21). The number of aromatic amines is 1. The van der Waals surface area contributed by atoms with Crippen molar-refractivity contribution in [3.05, 3.63) is 48.0 Å². The molecule has 3 aromatic rings. The van der Waals surface area contributed by atoms with Crippen LogP contribution >= 0.6 is 0 Å². The van der Waals surface area contributed by atoms with Crippen molar-refractivity contribution in [2.24, 2.45) is 0 Å². The normalized spacial score (nSPS) is 12.5. The second-order valence-electron chi connectivity index (χ2n) is 6.16. The number of fused-ring (bicyclic) bond motifs is 1. The van der Waals surface area contributed by atoms with Gasteiger partial charge >= 0.3 is 0 Å². The van der Waals surface area contributed by atoms with E-state index in [9.17, 15) is 5.26 Å². The van der Waals surface area contributed by atoms with E-state index in [4.69, 9.17) is 0 Å². The molecule has 0 fully saturated rings. The minimum absolute atomic E-state index is 0.0851. The van der Waals surface area contributed by atoms with Gasteiger partial charge in [-0.05, 0) is 39.0 Å². The summed E-state index contributed by atoms with van der Waals surface area (Å²) in [6.07, 6.45) is 5.48. The van der Waals surface area contributed by atoms with Gasteiger partial charge < -0.3 is 4.98 Å². The molecule has 3 rings (SSSR count). The number of nitrogens with zero attached hydrogens (tertiary/aromatic N) is 4. The summed E-state index contributed by atoms with van der Waals surface area (Å²) >= 11 is 0. The first kappa shape index (κ1) is 14.1. The van der Waals surface area contributed by atoms with E-state index >= 15 is 0 Å². The van der Waals surface area contributed by atoms with Crippen LogP contribution in [0.15, 0.2) is 36.7 Å². The molecule has 0 saturated carbocycles. The second-order valence-corrected chi connectivity index (χ2v) is 6.16. The van der Waals surface area contributed by atoms with Crippen molar-refractivity contribution in [1.82, 2.24) is 19.7 Å². The van der Waals surface area contributed by atoms with Crippen LogP contribution < -0.4 is 0 Å². The molecule has 0 saturated heterocycles. The van der Waals surface area contributed by atoms with Gasteiger partial charge in [-0.2, -0.15) is 10.4 Å². The smallest absolute Gasteiger partial charge is 0.149 e. The van der Waals surface area contributed by atoms with Crippen LogP contribution in [0.4, 0.5) is 0 Å². The van der Waals surface area contributed by atoms with Crippen LogP contribution in [-0.2, 0) is 5.54 Å². The predicted octanol–water partition coefficient (Wildman–Crippen LogP) is 3.58. The molecule has 0 aliphatic rings. The van der Waals surface area contributed by atoms with E-state index in [1.807, 2.05) is 35.1 Å². The maximum atomic E-state index is 9.43. The number of benzene rings is 1. The maximum absolute atomic E-state index is 9.43. The fraction of sp³-hybridized carbons (Fsp3) is 0.235. The van der Waals surface area contributed by atoms with Gasteiger partial charge in [-0.3, -0.25) is 4.68 Å². The van der Waals surface area contributed by atoms with Crippen LogP contribution in [-0.4, -0.2) is 19.7 Å². The van der Waals surface area contributed by atoms with Gasteiger partial charge in [0.25, 0.3) is 0 Å². The number of nitrogens with one attached hydrogen (secondary N) is 1.